The summed E-state index contributed by atoms with van der Waals surface area (Å²) in [5.41, 5.74) is 0.321. The summed E-state index contributed by atoms with van der Waals surface area (Å²) < 4.78 is 11.0. The number of amides is 1. The first-order valence-electron chi connectivity index (χ1n) is 7.41. The Balaban J connectivity index is 2.13. The summed E-state index contributed by atoms with van der Waals surface area (Å²) in [4.78, 5) is 23.1. The molecule has 2 aromatic carbocycles. The quantitative estimate of drug-likeness (QED) is 0.325. The smallest absolute Gasteiger partial charge is 0.315 e. The van der Waals surface area contributed by atoms with Crippen molar-refractivity contribution in [3.8, 4) is 17.2 Å². The summed E-state index contributed by atoms with van der Waals surface area (Å²) in [6.45, 7) is 1.86. The second-order valence-electron chi connectivity index (χ2n) is 5.01. The monoisotopic (exact) mass is 509 g/mol. The molecule has 0 spiro atoms. The Hall–Kier alpha value is -1.71. The maximum Gasteiger partial charge on any atom is 0.315 e. The summed E-state index contributed by atoms with van der Waals surface area (Å²) in [5.74, 6) is -0.385. The molecule has 1 amide bonds. The third kappa shape index (κ3) is 5.65. The van der Waals surface area contributed by atoms with Crippen LogP contribution in [0.15, 0.2) is 30.3 Å². The van der Waals surface area contributed by atoms with Gasteiger partial charge in [-0.3, -0.25) is 9.59 Å². The highest BCUT2D eigenvalue weighted by atomic mass is 127. The van der Waals surface area contributed by atoms with Gasteiger partial charge in [0.1, 0.15) is 17.9 Å². The normalized spacial score (nSPS) is 10.3. The van der Waals surface area contributed by atoms with Gasteiger partial charge in [-0.05, 0) is 59.8 Å². The summed E-state index contributed by atoms with van der Waals surface area (Å²) >= 11 is 14.3. The van der Waals surface area contributed by atoms with Crippen molar-refractivity contribution in [1.29, 1.82) is 0 Å². The molecule has 2 rings (SSSR count). The number of aromatic hydroxyl groups is 1. The molecule has 26 heavy (non-hydrogen) atoms. The zero-order chi connectivity index (χ0) is 19.3. The molecule has 0 atom stereocenters. The summed E-state index contributed by atoms with van der Waals surface area (Å²) in [6, 6.07) is 7.59. The first-order chi connectivity index (χ1) is 12.3. The number of carbonyl (C=O) groups excluding carboxylic acids is 2. The van der Waals surface area contributed by atoms with Crippen molar-refractivity contribution in [2.24, 2.45) is 0 Å². The summed E-state index contributed by atoms with van der Waals surface area (Å²) in [7, 11) is 0. The van der Waals surface area contributed by atoms with Crippen LogP contribution >= 0.6 is 45.8 Å². The molecule has 0 aliphatic rings. The van der Waals surface area contributed by atoms with Crippen molar-refractivity contribution in [1.82, 2.24) is 0 Å². The van der Waals surface area contributed by atoms with Crippen molar-refractivity contribution < 1.29 is 24.2 Å². The van der Waals surface area contributed by atoms with Crippen molar-refractivity contribution in [3.63, 3.8) is 0 Å². The zero-order valence-electron chi connectivity index (χ0n) is 13.5. The standard InChI is InChI=1S/C17H14Cl2INO5/c1-2-25-16(24)8-15(23)21-9-5-11(18)17(12(19)6-9)26-10-3-4-14(22)13(20)7-10/h3-7,22H,2,8H2,1H3,(H,21,23). The Kier molecular flexibility index (Phi) is 7.36. The predicted molar refractivity (Wildman–Crippen MR) is 107 cm³/mol. The molecular weight excluding hydrogens is 496 g/mol. The number of hydrogen-bond donors (Lipinski definition) is 2. The van der Waals surface area contributed by atoms with Crippen LogP contribution < -0.4 is 10.1 Å². The first-order valence-corrected chi connectivity index (χ1v) is 9.24. The minimum atomic E-state index is -0.621. The number of ether oxygens (including phenoxy) is 2. The van der Waals surface area contributed by atoms with Crippen molar-refractivity contribution in [2.75, 3.05) is 11.9 Å². The molecule has 0 aliphatic heterocycles. The number of esters is 1. The van der Waals surface area contributed by atoms with Gasteiger partial charge in [0.05, 0.1) is 20.2 Å². The molecule has 9 heteroatoms. The van der Waals surface area contributed by atoms with Gasteiger partial charge in [-0.1, -0.05) is 23.2 Å². The Bertz CT molecular complexity index is 821. The Morgan fingerprint density at radius 3 is 2.42 bits per heavy atom. The number of hydrogen-bond acceptors (Lipinski definition) is 5. The summed E-state index contributed by atoms with van der Waals surface area (Å²) in [5, 5.41) is 12.4. The van der Waals surface area contributed by atoms with Crippen molar-refractivity contribution >= 4 is 63.4 Å². The molecule has 0 saturated heterocycles. The molecule has 138 valence electrons. The second kappa shape index (κ2) is 9.29. The van der Waals surface area contributed by atoms with Gasteiger partial charge < -0.3 is 19.9 Å². The highest BCUT2D eigenvalue weighted by Crippen LogP contribution is 2.39. The molecule has 0 fully saturated rings. The Labute approximate surface area is 173 Å². The molecular formula is C17H14Cl2INO5. The van der Waals surface area contributed by atoms with Crippen LogP contribution in [0.2, 0.25) is 10.0 Å². The largest absolute Gasteiger partial charge is 0.507 e. The van der Waals surface area contributed by atoms with Gasteiger partial charge >= 0.3 is 5.97 Å². The van der Waals surface area contributed by atoms with Crippen LogP contribution in [0, 0.1) is 3.57 Å². The van der Waals surface area contributed by atoms with E-state index < -0.39 is 18.3 Å². The number of anilines is 1. The molecule has 0 radical (unpaired) electrons. The van der Waals surface area contributed by atoms with E-state index in [1.54, 1.807) is 19.1 Å². The fraction of sp³-hybridized carbons (Fsp3) is 0.176. The van der Waals surface area contributed by atoms with Gasteiger partial charge in [0.15, 0.2) is 5.75 Å². The lowest BCUT2D eigenvalue weighted by Gasteiger charge is -2.13. The molecule has 2 aromatic rings. The third-order valence-corrected chi connectivity index (χ3v) is 4.46. The van der Waals surface area contributed by atoms with Crippen LogP contribution in [0.4, 0.5) is 5.69 Å². The first kappa shape index (κ1) is 20.6. The molecule has 0 aromatic heterocycles. The zero-order valence-corrected chi connectivity index (χ0v) is 17.2. The van der Waals surface area contributed by atoms with Crippen LogP contribution in [0.25, 0.3) is 0 Å². The minimum Gasteiger partial charge on any atom is -0.507 e. The van der Waals surface area contributed by atoms with Crippen LogP contribution in [-0.4, -0.2) is 23.6 Å². The molecule has 0 unspecified atom stereocenters. The van der Waals surface area contributed by atoms with E-state index in [-0.39, 0.29) is 28.2 Å². The highest BCUT2D eigenvalue weighted by Gasteiger charge is 2.15. The Morgan fingerprint density at radius 2 is 1.85 bits per heavy atom. The van der Waals surface area contributed by atoms with Crippen LogP contribution in [0.5, 0.6) is 17.2 Å². The van der Waals surface area contributed by atoms with E-state index in [1.165, 1.54) is 18.2 Å². The van der Waals surface area contributed by atoms with E-state index in [1.807, 2.05) is 22.6 Å². The predicted octanol–water partition coefficient (Wildman–Crippen LogP) is 4.99. The van der Waals surface area contributed by atoms with Crippen LogP contribution in [0.1, 0.15) is 13.3 Å². The third-order valence-electron chi connectivity index (χ3n) is 3.03. The van der Waals surface area contributed by atoms with Gasteiger partial charge in [-0.25, -0.2) is 0 Å². The minimum absolute atomic E-state index is 0.134. The van der Waals surface area contributed by atoms with Crippen LogP contribution in [-0.2, 0) is 14.3 Å². The molecule has 0 bridgehead atoms. The van der Waals surface area contributed by atoms with E-state index in [9.17, 15) is 14.7 Å². The van der Waals surface area contributed by atoms with Gasteiger partial charge in [0, 0.05) is 5.69 Å². The average molecular weight is 510 g/mol. The molecule has 6 nitrogen and oxygen atoms in total. The maximum absolute atomic E-state index is 11.8. The molecule has 0 saturated carbocycles. The van der Waals surface area contributed by atoms with Gasteiger partial charge in [0.25, 0.3) is 0 Å². The maximum atomic E-state index is 11.8. The van der Waals surface area contributed by atoms with Gasteiger partial charge in [-0.15, -0.1) is 0 Å². The topological polar surface area (TPSA) is 84.9 Å². The average Bonchev–Trinajstić information content (AvgIpc) is 2.54. The fourth-order valence-electron chi connectivity index (χ4n) is 1.95. The van der Waals surface area contributed by atoms with Crippen molar-refractivity contribution in [2.45, 2.75) is 13.3 Å². The Morgan fingerprint density at radius 1 is 1.19 bits per heavy atom. The summed E-state index contributed by atoms with van der Waals surface area (Å²) in [6.07, 6.45) is -0.409. The van der Waals surface area contributed by atoms with E-state index in [0.717, 1.165) is 0 Å². The fourth-order valence-corrected chi connectivity index (χ4v) is 3.00. The lowest BCUT2D eigenvalue weighted by Crippen LogP contribution is -2.18. The van der Waals surface area contributed by atoms with Gasteiger partial charge in [-0.2, -0.15) is 0 Å². The number of rotatable bonds is 6. The number of phenolic OH excluding ortho intramolecular Hbond substituents is 1. The number of phenols is 1. The lowest BCUT2D eigenvalue weighted by molar-refractivity contribution is -0.145. The number of nitrogens with one attached hydrogen (secondary N) is 1. The second-order valence-corrected chi connectivity index (χ2v) is 6.99. The van der Waals surface area contributed by atoms with Crippen LogP contribution in [0.3, 0.4) is 0 Å². The molecule has 2 N–H and O–H groups in total. The number of carbonyl (C=O) groups is 2. The van der Waals surface area contributed by atoms with E-state index >= 15 is 0 Å². The SMILES string of the molecule is CCOC(=O)CC(=O)Nc1cc(Cl)c(Oc2ccc(O)c(I)c2)c(Cl)c1. The highest BCUT2D eigenvalue weighted by molar-refractivity contribution is 14.1. The number of benzene rings is 2. The lowest BCUT2D eigenvalue weighted by atomic mass is 10.2. The van der Waals surface area contributed by atoms with Crippen molar-refractivity contribution in [3.05, 3.63) is 43.9 Å². The van der Waals surface area contributed by atoms with E-state index in [0.29, 0.717) is 15.0 Å². The van der Waals surface area contributed by atoms with E-state index in [4.69, 9.17) is 32.7 Å². The molecule has 0 heterocycles. The molecule has 0 aliphatic carbocycles. The van der Waals surface area contributed by atoms with Gasteiger partial charge in [0.2, 0.25) is 5.91 Å². The number of halogens is 3. The van der Waals surface area contributed by atoms with E-state index in [2.05, 4.69) is 5.32 Å².